The molecule has 1 aromatic rings. The Morgan fingerprint density at radius 1 is 0.824 bits per heavy atom. The second kappa shape index (κ2) is 4.47. The van der Waals surface area contributed by atoms with Gasteiger partial charge in [0.2, 0.25) is 5.75 Å². The molecule has 0 heterocycles. The molecule has 0 aromatic heterocycles. The number of phenols is 1. The first-order valence-electron chi connectivity index (χ1n) is 5.78. The van der Waals surface area contributed by atoms with E-state index < -0.39 is 0 Å². The number of hydrogen-bond acceptors (Lipinski definition) is 3. The quantitative estimate of drug-likeness (QED) is 0.852. The monoisotopic (exact) mass is 238 g/mol. The third-order valence-electron chi connectivity index (χ3n) is 1.79. The molecular formula is C14H22O3. The Morgan fingerprint density at radius 2 is 1.18 bits per heavy atom. The van der Waals surface area contributed by atoms with Crippen LogP contribution in [0.15, 0.2) is 18.2 Å². The van der Waals surface area contributed by atoms with Gasteiger partial charge in [-0.25, -0.2) is 0 Å². The Bertz CT molecular complexity index is 349. The van der Waals surface area contributed by atoms with Crippen LogP contribution in [0.4, 0.5) is 0 Å². The molecule has 0 saturated carbocycles. The van der Waals surface area contributed by atoms with Crippen molar-refractivity contribution in [2.75, 3.05) is 0 Å². The van der Waals surface area contributed by atoms with E-state index in [1.165, 1.54) is 0 Å². The molecule has 1 aromatic carbocycles. The summed E-state index contributed by atoms with van der Waals surface area (Å²) < 4.78 is 11.3. The molecule has 0 amide bonds. The molecule has 96 valence electrons. The van der Waals surface area contributed by atoms with Crippen molar-refractivity contribution in [3.8, 4) is 17.2 Å². The standard InChI is InChI=1S/C14H22O3/c1-13(2,3)16-10-8-7-9-11(12(10)15)17-14(4,5)6/h7-9,15H,1-6H3. The van der Waals surface area contributed by atoms with Crippen LogP contribution in [0.1, 0.15) is 41.5 Å². The van der Waals surface area contributed by atoms with E-state index in [0.717, 1.165) is 0 Å². The maximum Gasteiger partial charge on any atom is 0.200 e. The number of para-hydroxylation sites is 1. The van der Waals surface area contributed by atoms with Gasteiger partial charge in [-0.05, 0) is 53.7 Å². The van der Waals surface area contributed by atoms with E-state index in [0.29, 0.717) is 11.5 Å². The van der Waals surface area contributed by atoms with Gasteiger partial charge in [-0.3, -0.25) is 0 Å². The summed E-state index contributed by atoms with van der Waals surface area (Å²) in [5.41, 5.74) is -0.699. The van der Waals surface area contributed by atoms with Crippen LogP contribution < -0.4 is 9.47 Å². The van der Waals surface area contributed by atoms with Crippen molar-refractivity contribution >= 4 is 0 Å². The Morgan fingerprint density at radius 3 is 1.47 bits per heavy atom. The summed E-state index contributed by atoms with van der Waals surface area (Å²) in [5.74, 6) is 0.941. The fourth-order valence-corrected chi connectivity index (χ4v) is 1.33. The van der Waals surface area contributed by atoms with Gasteiger partial charge in [0, 0.05) is 0 Å². The molecule has 1 N–H and O–H groups in total. The van der Waals surface area contributed by atoms with Crippen molar-refractivity contribution in [3.63, 3.8) is 0 Å². The average molecular weight is 238 g/mol. The number of phenolic OH excluding ortho intramolecular Hbond substituents is 1. The molecule has 0 radical (unpaired) electrons. The number of benzene rings is 1. The second-order valence-corrected chi connectivity index (χ2v) is 6.03. The summed E-state index contributed by atoms with van der Waals surface area (Å²) in [6, 6.07) is 5.27. The van der Waals surface area contributed by atoms with Crippen molar-refractivity contribution in [2.45, 2.75) is 52.7 Å². The lowest BCUT2D eigenvalue weighted by Crippen LogP contribution is -2.24. The van der Waals surface area contributed by atoms with Crippen molar-refractivity contribution in [1.29, 1.82) is 0 Å². The van der Waals surface area contributed by atoms with E-state index in [2.05, 4.69) is 0 Å². The van der Waals surface area contributed by atoms with Gasteiger partial charge in [-0.15, -0.1) is 0 Å². The summed E-state index contributed by atoms with van der Waals surface area (Å²) in [5, 5.41) is 10.1. The van der Waals surface area contributed by atoms with Crippen molar-refractivity contribution in [2.24, 2.45) is 0 Å². The third kappa shape index (κ3) is 4.55. The van der Waals surface area contributed by atoms with Gasteiger partial charge in [0.25, 0.3) is 0 Å². The molecule has 0 aliphatic heterocycles. The predicted octanol–water partition coefficient (Wildman–Crippen LogP) is 3.75. The van der Waals surface area contributed by atoms with Crippen molar-refractivity contribution < 1.29 is 14.6 Å². The summed E-state index contributed by atoms with van der Waals surface area (Å²) in [6.45, 7) is 11.6. The van der Waals surface area contributed by atoms with Gasteiger partial charge in [-0.2, -0.15) is 0 Å². The normalized spacial score (nSPS) is 12.4. The van der Waals surface area contributed by atoms with Crippen LogP contribution in [0.2, 0.25) is 0 Å². The highest BCUT2D eigenvalue weighted by Crippen LogP contribution is 2.38. The molecule has 0 unspecified atom stereocenters. The Balaban J connectivity index is 3.00. The highest BCUT2D eigenvalue weighted by atomic mass is 16.5. The second-order valence-electron chi connectivity index (χ2n) is 6.03. The minimum atomic E-state index is -0.349. The van der Waals surface area contributed by atoms with Gasteiger partial charge < -0.3 is 14.6 Å². The first-order valence-corrected chi connectivity index (χ1v) is 5.78. The Kier molecular flexibility index (Phi) is 3.60. The van der Waals surface area contributed by atoms with Crippen LogP contribution in [0.25, 0.3) is 0 Å². The van der Waals surface area contributed by atoms with E-state index >= 15 is 0 Å². The highest BCUT2D eigenvalue weighted by molar-refractivity contribution is 5.50. The summed E-state index contributed by atoms with van der Waals surface area (Å²) >= 11 is 0. The molecule has 0 aliphatic rings. The molecule has 1 rings (SSSR count). The largest absolute Gasteiger partial charge is 0.502 e. The third-order valence-corrected chi connectivity index (χ3v) is 1.79. The van der Waals surface area contributed by atoms with E-state index in [-0.39, 0.29) is 17.0 Å². The molecule has 17 heavy (non-hydrogen) atoms. The SMILES string of the molecule is CC(C)(C)Oc1cccc(OC(C)(C)C)c1O. The van der Waals surface area contributed by atoms with Gasteiger partial charge in [0.05, 0.1) is 0 Å². The minimum absolute atomic E-state index is 0.0531. The lowest BCUT2D eigenvalue weighted by Gasteiger charge is -2.25. The Labute approximate surface area is 103 Å². The molecule has 0 fully saturated rings. The lowest BCUT2D eigenvalue weighted by atomic mass is 10.1. The maximum atomic E-state index is 10.1. The molecule has 3 heteroatoms. The summed E-state index contributed by atoms with van der Waals surface area (Å²) in [7, 11) is 0. The number of ether oxygens (including phenoxy) is 2. The fraction of sp³-hybridized carbons (Fsp3) is 0.571. The zero-order valence-electron chi connectivity index (χ0n) is 11.5. The van der Waals surface area contributed by atoms with Gasteiger partial charge in [-0.1, -0.05) is 6.07 Å². The van der Waals surface area contributed by atoms with E-state index in [1.807, 2.05) is 47.6 Å². The first kappa shape index (κ1) is 13.7. The van der Waals surface area contributed by atoms with E-state index in [9.17, 15) is 5.11 Å². The van der Waals surface area contributed by atoms with Crippen LogP contribution in [0, 0.1) is 0 Å². The molecule has 0 spiro atoms. The maximum absolute atomic E-state index is 10.1. The number of aromatic hydroxyl groups is 1. The van der Waals surface area contributed by atoms with Crippen LogP contribution in [0.3, 0.4) is 0 Å². The predicted molar refractivity (Wildman–Crippen MR) is 68.9 cm³/mol. The molecule has 0 bridgehead atoms. The van der Waals surface area contributed by atoms with Gasteiger partial charge in [0.1, 0.15) is 11.2 Å². The van der Waals surface area contributed by atoms with Crippen LogP contribution in [0.5, 0.6) is 17.2 Å². The fourth-order valence-electron chi connectivity index (χ4n) is 1.33. The molecule has 0 atom stereocenters. The highest BCUT2D eigenvalue weighted by Gasteiger charge is 2.20. The smallest absolute Gasteiger partial charge is 0.200 e. The number of hydrogen-bond donors (Lipinski definition) is 1. The molecule has 0 saturated heterocycles. The zero-order chi connectivity index (χ0) is 13.3. The summed E-state index contributed by atoms with van der Waals surface area (Å²) in [4.78, 5) is 0. The van der Waals surface area contributed by atoms with Crippen LogP contribution in [-0.2, 0) is 0 Å². The average Bonchev–Trinajstić information content (AvgIpc) is 2.07. The Hall–Kier alpha value is -1.38. The van der Waals surface area contributed by atoms with Crippen LogP contribution >= 0.6 is 0 Å². The van der Waals surface area contributed by atoms with Crippen LogP contribution in [-0.4, -0.2) is 16.3 Å². The zero-order valence-corrected chi connectivity index (χ0v) is 11.5. The molecule has 3 nitrogen and oxygen atoms in total. The van der Waals surface area contributed by atoms with E-state index in [1.54, 1.807) is 12.1 Å². The van der Waals surface area contributed by atoms with E-state index in [4.69, 9.17) is 9.47 Å². The number of rotatable bonds is 2. The summed E-state index contributed by atoms with van der Waals surface area (Å²) in [6.07, 6.45) is 0. The lowest BCUT2D eigenvalue weighted by molar-refractivity contribution is 0.112. The first-order chi connectivity index (χ1) is 7.58. The van der Waals surface area contributed by atoms with Gasteiger partial charge >= 0.3 is 0 Å². The van der Waals surface area contributed by atoms with Crippen molar-refractivity contribution in [1.82, 2.24) is 0 Å². The molecular weight excluding hydrogens is 216 g/mol. The molecule has 0 aliphatic carbocycles. The minimum Gasteiger partial charge on any atom is -0.502 e. The topological polar surface area (TPSA) is 38.7 Å². The van der Waals surface area contributed by atoms with Gasteiger partial charge in [0.15, 0.2) is 11.5 Å². The van der Waals surface area contributed by atoms with Crippen molar-refractivity contribution in [3.05, 3.63) is 18.2 Å².